The van der Waals surface area contributed by atoms with E-state index >= 15 is 0 Å². The molecule has 0 bridgehead atoms. The monoisotopic (exact) mass is 363 g/mol. The predicted octanol–water partition coefficient (Wildman–Crippen LogP) is 4.10. The first-order chi connectivity index (χ1) is 12.0. The normalized spacial score (nSPS) is 10.5. The first-order valence-corrected chi connectivity index (χ1v) is 7.57. The Morgan fingerprint density at radius 3 is 2.64 bits per heavy atom. The molecule has 0 aliphatic rings. The first-order valence-electron chi connectivity index (χ1n) is 7.19. The van der Waals surface area contributed by atoms with E-state index in [1.807, 2.05) is 0 Å². The van der Waals surface area contributed by atoms with Crippen molar-refractivity contribution < 1.29 is 18.3 Å². The molecule has 0 unspecified atom stereocenters. The lowest BCUT2D eigenvalue weighted by atomic mass is 10.3. The van der Waals surface area contributed by atoms with Crippen molar-refractivity contribution in [2.45, 2.75) is 6.73 Å². The highest BCUT2D eigenvalue weighted by atomic mass is 35.5. The average Bonchev–Trinajstić information content (AvgIpc) is 3.06. The van der Waals surface area contributed by atoms with E-state index in [1.165, 1.54) is 10.7 Å². The lowest BCUT2D eigenvalue weighted by molar-refractivity contribution is 0.101. The van der Waals surface area contributed by atoms with Crippen molar-refractivity contribution in [1.29, 1.82) is 0 Å². The molecule has 2 aromatic carbocycles. The van der Waals surface area contributed by atoms with Gasteiger partial charge in [-0.25, -0.2) is 13.5 Å². The molecule has 0 fully saturated rings. The maximum atomic E-state index is 13.6. The molecular weight excluding hydrogens is 352 g/mol. The van der Waals surface area contributed by atoms with Gasteiger partial charge in [0.1, 0.15) is 17.4 Å². The average molecular weight is 364 g/mol. The van der Waals surface area contributed by atoms with Crippen molar-refractivity contribution in [3.63, 3.8) is 0 Å². The topological polar surface area (TPSA) is 56.2 Å². The largest absolute Gasteiger partial charge is 0.471 e. The number of aromatic nitrogens is 2. The molecule has 1 heterocycles. The van der Waals surface area contributed by atoms with Crippen molar-refractivity contribution in [3.05, 3.63) is 77.1 Å². The number of carbonyl (C=O) groups is 1. The maximum Gasteiger partial charge on any atom is 0.276 e. The van der Waals surface area contributed by atoms with Gasteiger partial charge in [0.15, 0.2) is 12.4 Å². The summed E-state index contributed by atoms with van der Waals surface area (Å²) >= 11 is 5.79. The van der Waals surface area contributed by atoms with Crippen molar-refractivity contribution >= 4 is 23.2 Å². The molecule has 8 heteroatoms. The van der Waals surface area contributed by atoms with E-state index in [9.17, 15) is 13.6 Å². The lowest BCUT2D eigenvalue weighted by Gasteiger charge is -2.06. The van der Waals surface area contributed by atoms with Gasteiger partial charge in [-0.3, -0.25) is 4.79 Å². The number of hydrogen-bond acceptors (Lipinski definition) is 3. The van der Waals surface area contributed by atoms with Crippen LogP contribution in [0.2, 0.25) is 5.02 Å². The minimum absolute atomic E-state index is 0.0726. The highest BCUT2D eigenvalue weighted by Gasteiger charge is 2.13. The van der Waals surface area contributed by atoms with Crippen molar-refractivity contribution in [2.24, 2.45) is 0 Å². The van der Waals surface area contributed by atoms with Crippen LogP contribution in [-0.2, 0) is 6.73 Å². The van der Waals surface area contributed by atoms with E-state index in [4.69, 9.17) is 16.3 Å². The summed E-state index contributed by atoms with van der Waals surface area (Å²) in [4.78, 5) is 12.1. The summed E-state index contributed by atoms with van der Waals surface area (Å²) < 4.78 is 33.3. The van der Waals surface area contributed by atoms with Crippen LogP contribution in [0.4, 0.5) is 14.5 Å². The van der Waals surface area contributed by atoms with Crippen LogP contribution >= 0.6 is 11.6 Å². The third kappa shape index (κ3) is 4.33. The fraction of sp³-hybridized carbons (Fsp3) is 0.0588. The minimum atomic E-state index is -0.862. The predicted molar refractivity (Wildman–Crippen MR) is 88.6 cm³/mol. The molecule has 3 aromatic rings. The number of hydrogen-bond donors (Lipinski definition) is 1. The smallest absolute Gasteiger partial charge is 0.276 e. The highest BCUT2D eigenvalue weighted by Crippen LogP contribution is 2.17. The fourth-order valence-corrected chi connectivity index (χ4v) is 2.13. The molecule has 0 spiro atoms. The van der Waals surface area contributed by atoms with Gasteiger partial charge < -0.3 is 10.1 Å². The van der Waals surface area contributed by atoms with Crippen LogP contribution in [0, 0.1) is 11.6 Å². The van der Waals surface area contributed by atoms with E-state index in [1.54, 1.807) is 30.5 Å². The molecule has 128 valence electrons. The van der Waals surface area contributed by atoms with Crippen LogP contribution in [0.1, 0.15) is 10.5 Å². The van der Waals surface area contributed by atoms with E-state index in [0.717, 1.165) is 12.1 Å². The van der Waals surface area contributed by atoms with Crippen LogP contribution < -0.4 is 10.1 Å². The number of nitrogens with one attached hydrogen (secondary N) is 1. The summed E-state index contributed by atoms with van der Waals surface area (Å²) in [6.07, 6.45) is 1.55. The van der Waals surface area contributed by atoms with Crippen LogP contribution in [0.3, 0.4) is 0 Å². The van der Waals surface area contributed by atoms with Crippen LogP contribution in [0.15, 0.2) is 54.7 Å². The Balaban J connectivity index is 1.62. The van der Waals surface area contributed by atoms with E-state index < -0.39 is 17.5 Å². The molecule has 25 heavy (non-hydrogen) atoms. The lowest BCUT2D eigenvalue weighted by Crippen LogP contribution is -2.15. The summed E-state index contributed by atoms with van der Waals surface area (Å²) in [6.45, 7) is 0.0832. The summed E-state index contributed by atoms with van der Waals surface area (Å²) in [5.74, 6) is -1.60. The van der Waals surface area contributed by atoms with Crippen LogP contribution in [0.25, 0.3) is 0 Å². The minimum Gasteiger partial charge on any atom is -0.471 e. The number of amides is 1. The number of carbonyl (C=O) groups excluding carboxylic acids is 1. The summed E-state index contributed by atoms with van der Waals surface area (Å²) in [5, 5.41) is 6.97. The Hall–Kier alpha value is -2.93. The SMILES string of the molecule is O=C(Nc1ccc(F)cc1F)c1ccn(COc2ccc(Cl)cc2)n1. The molecule has 0 saturated carbocycles. The zero-order chi connectivity index (χ0) is 17.8. The molecule has 0 radical (unpaired) electrons. The molecule has 0 aliphatic carbocycles. The van der Waals surface area contributed by atoms with Gasteiger partial charge in [-0.15, -0.1) is 0 Å². The third-order valence-electron chi connectivity index (χ3n) is 3.23. The molecular formula is C17H12ClF2N3O2. The quantitative estimate of drug-likeness (QED) is 0.742. The Kier molecular flexibility index (Phi) is 4.95. The number of halogens is 3. The maximum absolute atomic E-state index is 13.6. The zero-order valence-electron chi connectivity index (χ0n) is 12.7. The molecule has 5 nitrogen and oxygen atoms in total. The van der Waals surface area contributed by atoms with Gasteiger partial charge in [0, 0.05) is 17.3 Å². The van der Waals surface area contributed by atoms with E-state index in [2.05, 4.69) is 10.4 Å². The van der Waals surface area contributed by atoms with Gasteiger partial charge in [0.05, 0.1) is 5.69 Å². The van der Waals surface area contributed by atoms with Gasteiger partial charge in [-0.1, -0.05) is 11.6 Å². The molecule has 3 rings (SSSR count). The Labute approximate surface area is 146 Å². The Morgan fingerprint density at radius 1 is 1.16 bits per heavy atom. The van der Waals surface area contributed by atoms with Crippen molar-refractivity contribution in [3.8, 4) is 5.75 Å². The number of rotatable bonds is 5. The van der Waals surface area contributed by atoms with Crippen molar-refractivity contribution in [2.75, 3.05) is 5.32 Å². The molecule has 0 saturated heterocycles. The van der Waals surface area contributed by atoms with Gasteiger partial charge in [0.25, 0.3) is 5.91 Å². The second-order valence-corrected chi connectivity index (χ2v) is 5.48. The second-order valence-electron chi connectivity index (χ2n) is 5.05. The Bertz CT molecular complexity index is 897. The zero-order valence-corrected chi connectivity index (χ0v) is 13.5. The second kappa shape index (κ2) is 7.31. The molecule has 1 aromatic heterocycles. The number of benzene rings is 2. The summed E-state index contributed by atoms with van der Waals surface area (Å²) in [6, 6.07) is 11.1. The third-order valence-corrected chi connectivity index (χ3v) is 3.48. The number of anilines is 1. The van der Waals surface area contributed by atoms with E-state index in [0.29, 0.717) is 16.8 Å². The number of nitrogens with zero attached hydrogens (tertiary/aromatic N) is 2. The van der Waals surface area contributed by atoms with Gasteiger partial charge in [-0.2, -0.15) is 5.10 Å². The standard InChI is InChI=1S/C17H12ClF2N3O2/c18-11-1-4-13(5-2-11)25-10-23-8-7-16(22-23)17(24)21-15-6-3-12(19)9-14(15)20/h1-9H,10H2,(H,21,24). The van der Waals surface area contributed by atoms with Crippen LogP contribution in [0.5, 0.6) is 5.75 Å². The van der Waals surface area contributed by atoms with Crippen LogP contribution in [-0.4, -0.2) is 15.7 Å². The molecule has 0 atom stereocenters. The van der Waals surface area contributed by atoms with Gasteiger partial charge in [0.2, 0.25) is 0 Å². The highest BCUT2D eigenvalue weighted by molar-refractivity contribution is 6.30. The first kappa shape index (κ1) is 16.9. The van der Waals surface area contributed by atoms with Crippen molar-refractivity contribution in [1.82, 2.24) is 9.78 Å². The fourth-order valence-electron chi connectivity index (χ4n) is 2.00. The van der Waals surface area contributed by atoms with Gasteiger partial charge in [-0.05, 0) is 42.5 Å². The Morgan fingerprint density at radius 2 is 1.92 bits per heavy atom. The molecule has 1 N–H and O–H groups in total. The summed E-state index contributed by atoms with van der Waals surface area (Å²) in [7, 11) is 0. The van der Waals surface area contributed by atoms with E-state index in [-0.39, 0.29) is 18.1 Å². The summed E-state index contributed by atoms with van der Waals surface area (Å²) in [5.41, 5.74) is -0.0539. The molecule has 1 amide bonds. The number of ether oxygens (including phenoxy) is 1. The van der Waals surface area contributed by atoms with Gasteiger partial charge >= 0.3 is 0 Å². The molecule has 0 aliphatic heterocycles.